The first kappa shape index (κ1) is 59.8. The second-order valence-electron chi connectivity index (χ2n) is 20.6. The van der Waals surface area contributed by atoms with Gasteiger partial charge in [-0.15, -0.1) is 10.2 Å². The fourth-order valence-electron chi connectivity index (χ4n) is 9.51. The van der Waals surface area contributed by atoms with Crippen LogP contribution in [0.5, 0.6) is 0 Å². The molecule has 16 nitrogen and oxygen atoms in total. The number of nitrogens with one attached hydrogen (secondary N) is 3. The van der Waals surface area contributed by atoms with Crippen molar-refractivity contribution in [1.29, 1.82) is 0 Å². The fraction of sp³-hybridized carbons (Fsp3) is 0.414. The van der Waals surface area contributed by atoms with E-state index in [0.717, 1.165) is 71.6 Å². The number of para-hydroxylation sites is 2. The summed E-state index contributed by atoms with van der Waals surface area (Å²) in [5.74, 6) is -2.38. The Balaban J connectivity index is 1.29. The minimum atomic E-state index is -1.49. The molecule has 1 saturated carbocycles. The van der Waals surface area contributed by atoms with Gasteiger partial charge in [-0.25, -0.2) is 24.0 Å². The Kier molecular flexibility index (Phi) is 21.8. The minimum Gasteiger partial charge on any atom is -0.462 e. The number of benzene rings is 2. The summed E-state index contributed by atoms with van der Waals surface area (Å²) < 4.78 is 24.2. The third-order valence-corrected chi connectivity index (χ3v) is 15.5. The number of ether oxygens (including phenoxy) is 4. The molecule has 2 aliphatic carbocycles. The van der Waals surface area contributed by atoms with Crippen molar-refractivity contribution in [2.24, 2.45) is 16.2 Å². The summed E-state index contributed by atoms with van der Waals surface area (Å²) in [5, 5.41) is 18.2. The summed E-state index contributed by atoms with van der Waals surface area (Å²) in [7, 11) is 4.17. The van der Waals surface area contributed by atoms with Crippen molar-refractivity contribution in [3.63, 3.8) is 0 Å². The van der Waals surface area contributed by atoms with Gasteiger partial charge in [-0.05, 0) is 99.0 Å². The van der Waals surface area contributed by atoms with E-state index in [0.29, 0.717) is 22.3 Å². The van der Waals surface area contributed by atoms with Gasteiger partial charge in [-0.3, -0.25) is 5.32 Å². The standard InChI is InChI=1S/C58H73N7O9S2/c1-13-48(66)71-35-58(36-72-49(67)14-2,37-73-50(68)15-3)38-74-54(70)59-34-57(10)32-45(31-56(8,9)33-57)60-52(69)61-53-62-63-55(76-53)75-51-43(29-27-41(6)64(11)46-25-18-16-21-39(46)4)23-20-24-44(51)30-28-42(7)65(12)47-26-19-17-22-40(47)5/h13-19,21-22,25-30,45H,1-3,20,23-24,31-38H2,4-12H3,(H2-,59,60,61,62,69,70)/p+1. The van der Waals surface area contributed by atoms with Crippen molar-refractivity contribution in [2.45, 2.75) is 97.4 Å². The zero-order valence-electron chi connectivity index (χ0n) is 45.4. The molecule has 3 amide bonds. The Morgan fingerprint density at radius 3 is 2.08 bits per heavy atom. The summed E-state index contributed by atoms with van der Waals surface area (Å²) in [6.45, 7) is 23.3. The minimum absolute atomic E-state index is 0.185. The SMILES string of the molecule is C=CC(=O)OCC(COC(=O)C=C)(COC(=O)C=C)COC(=O)NCC1(C)CC(NC(=O)Nc2nnc(SC3=C(/C=C/C(C)=[N+](C)c4ccccc4C)CCC/C3=C\C=C(/C)N(C)c3ccccc3C)s2)CC(C)(C)C1. The van der Waals surface area contributed by atoms with Gasteiger partial charge in [0.15, 0.2) is 10.1 Å². The predicted molar refractivity (Wildman–Crippen MR) is 302 cm³/mol. The van der Waals surface area contributed by atoms with E-state index in [4.69, 9.17) is 18.9 Å². The maximum Gasteiger partial charge on any atom is 0.407 e. The van der Waals surface area contributed by atoms with Gasteiger partial charge >= 0.3 is 30.0 Å². The van der Waals surface area contributed by atoms with Crippen molar-refractivity contribution < 1.29 is 47.5 Å². The molecule has 2 unspecified atom stereocenters. The van der Waals surface area contributed by atoms with Crippen molar-refractivity contribution in [2.75, 3.05) is 57.3 Å². The number of aromatic nitrogens is 2. The molecule has 1 heterocycles. The normalized spacial score (nSPS) is 18.5. The molecule has 406 valence electrons. The first-order valence-electron chi connectivity index (χ1n) is 25.2. The quantitative estimate of drug-likeness (QED) is 0.0203. The lowest BCUT2D eigenvalue weighted by atomic mass is 9.62. The number of thioether (sulfide) groups is 1. The van der Waals surface area contributed by atoms with E-state index in [-0.39, 0.29) is 18.0 Å². The van der Waals surface area contributed by atoms with E-state index in [1.807, 2.05) is 19.1 Å². The van der Waals surface area contributed by atoms with E-state index in [2.05, 4.69) is 172 Å². The molecule has 3 N–H and O–H groups in total. The number of nitrogens with zero attached hydrogens (tertiary/aromatic N) is 4. The summed E-state index contributed by atoms with van der Waals surface area (Å²) in [5.41, 5.74) is 7.09. The number of carbonyl (C=O) groups excluding carboxylic acids is 5. The van der Waals surface area contributed by atoms with Crippen LogP contribution in [0.4, 0.5) is 26.1 Å². The van der Waals surface area contributed by atoms with E-state index >= 15 is 0 Å². The Bertz CT molecular complexity index is 2750. The molecule has 3 aromatic rings. The summed E-state index contributed by atoms with van der Waals surface area (Å²) in [4.78, 5) is 66.5. The number of hydrogen-bond acceptors (Lipinski definition) is 14. The highest BCUT2D eigenvalue weighted by atomic mass is 32.2. The highest BCUT2D eigenvalue weighted by molar-refractivity contribution is 8.05. The van der Waals surface area contributed by atoms with Gasteiger partial charge in [0.1, 0.15) is 38.9 Å². The van der Waals surface area contributed by atoms with Crippen molar-refractivity contribution in [1.82, 2.24) is 20.8 Å². The Morgan fingerprint density at radius 2 is 1.46 bits per heavy atom. The van der Waals surface area contributed by atoms with Gasteiger partial charge in [-0.2, -0.15) is 4.58 Å². The molecule has 2 aliphatic rings. The number of aryl methyl sites for hydroxylation is 2. The molecular weight excluding hydrogens is 1000 g/mol. The molecule has 0 aliphatic heterocycles. The highest BCUT2D eigenvalue weighted by Crippen LogP contribution is 2.46. The van der Waals surface area contributed by atoms with Crippen LogP contribution in [0.3, 0.4) is 0 Å². The second-order valence-corrected chi connectivity index (χ2v) is 22.8. The zero-order valence-corrected chi connectivity index (χ0v) is 47.0. The average molecular weight is 1080 g/mol. The maximum atomic E-state index is 13.7. The monoisotopic (exact) mass is 1080 g/mol. The topological polar surface area (TPSA) is 190 Å². The lowest BCUT2D eigenvalue weighted by Gasteiger charge is -2.46. The summed E-state index contributed by atoms with van der Waals surface area (Å²) in [6.07, 6.45) is 15.5. The van der Waals surface area contributed by atoms with Crippen LogP contribution < -0.4 is 20.9 Å². The van der Waals surface area contributed by atoms with Crippen LogP contribution in [0.1, 0.15) is 84.3 Å². The van der Waals surface area contributed by atoms with Gasteiger partial charge in [0.05, 0.1) is 0 Å². The highest BCUT2D eigenvalue weighted by Gasteiger charge is 2.43. The zero-order chi connectivity index (χ0) is 55.6. The van der Waals surface area contributed by atoms with Crippen molar-refractivity contribution >= 4 is 75.3 Å². The molecule has 0 bridgehead atoms. The van der Waals surface area contributed by atoms with E-state index in [9.17, 15) is 24.0 Å². The maximum absolute atomic E-state index is 13.7. The largest absolute Gasteiger partial charge is 0.462 e. The van der Waals surface area contributed by atoms with Crippen LogP contribution in [-0.4, -0.2) is 104 Å². The molecule has 0 radical (unpaired) electrons. The molecule has 1 aromatic heterocycles. The van der Waals surface area contributed by atoms with Gasteiger partial charge in [0, 0.05) is 78.8 Å². The number of anilines is 2. The van der Waals surface area contributed by atoms with Crippen molar-refractivity contribution in [3.8, 4) is 0 Å². The number of allylic oxidation sites excluding steroid dienone is 7. The Hall–Kier alpha value is -7.05. The van der Waals surface area contributed by atoms with Crippen molar-refractivity contribution in [3.05, 3.63) is 144 Å². The Morgan fingerprint density at radius 1 is 0.855 bits per heavy atom. The van der Waals surface area contributed by atoms with Gasteiger partial charge in [0.25, 0.3) is 0 Å². The van der Waals surface area contributed by atoms with Gasteiger partial charge in [-0.1, -0.05) is 112 Å². The van der Waals surface area contributed by atoms with E-state index in [1.54, 1.807) is 11.8 Å². The number of hydrogen-bond donors (Lipinski definition) is 3. The lowest BCUT2D eigenvalue weighted by molar-refractivity contribution is -0.405. The van der Waals surface area contributed by atoms with Crippen LogP contribution >= 0.6 is 23.1 Å². The van der Waals surface area contributed by atoms with Crippen LogP contribution in [0, 0.1) is 30.1 Å². The second kappa shape index (κ2) is 27.7. The van der Waals surface area contributed by atoms with Crippen LogP contribution in [0.2, 0.25) is 0 Å². The first-order valence-corrected chi connectivity index (χ1v) is 26.8. The molecule has 18 heteroatoms. The third kappa shape index (κ3) is 17.8. The van der Waals surface area contributed by atoms with Gasteiger partial charge < -0.3 is 34.5 Å². The molecule has 1 fully saturated rings. The third-order valence-electron chi connectivity index (χ3n) is 13.4. The first-order chi connectivity index (χ1) is 36.1. The molecular formula is C58H74N7O9S2+. The van der Waals surface area contributed by atoms with E-state index in [1.165, 1.54) is 33.6 Å². The average Bonchev–Trinajstić information content (AvgIpc) is 3.83. The molecule has 2 atom stereocenters. The fourth-order valence-corrected chi connectivity index (χ4v) is 11.5. The van der Waals surface area contributed by atoms with Crippen LogP contribution in [0.25, 0.3) is 0 Å². The molecule has 76 heavy (non-hydrogen) atoms. The Labute approximate surface area is 456 Å². The van der Waals surface area contributed by atoms with Crippen LogP contribution in [0.15, 0.2) is 137 Å². The summed E-state index contributed by atoms with van der Waals surface area (Å²) >= 11 is 2.87. The van der Waals surface area contributed by atoms with Gasteiger partial charge in [0.2, 0.25) is 10.8 Å². The number of esters is 3. The smallest absolute Gasteiger partial charge is 0.407 e. The molecule has 0 saturated heterocycles. The molecule has 5 rings (SSSR count). The molecule has 2 aromatic carbocycles. The van der Waals surface area contributed by atoms with Crippen LogP contribution in [-0.2, 0) is 33.3 Å². The predicted octanol–water partition coefficient (Wildman–Crippen LogP) is 11.2. The number of rotatable bonds is 23. The number of urea groups is 1. The molecule has 0 spiro atoms. The lowest BCUT2D eigenvalue weighted by Crippen LogP contribution is -2.51. The number of amides is 3. The summed E-state index contributed by atoms with van der Waals surface area (Å²) in [6, 6.07) is 16.0. The number of carbonyl (C=O) groups is 5. The van der Waals surface area contributed by atoms with E-state index < -0.39 is 67.3 Å². The number of alkyl carbamates (subject to hydrolysis) is 1.